The van der Waals surface area contributed by atoms with Crippen LogP contribution in [0.2, 0.25) is 0 Å². The highest BCUT2D eigenvalue weighted by Crippen LogP contribution is 2.29. The lowest BCUT2D eigenvalue weighted by Crippen LogP contribution is -2.14. The van der Waals surface area contributed by atoms with E-state index < -0.39 is 11.8 Å². The number of rotatable bonds is 6. The van der Waals surface area contributed by atoms with E-state index >= 15 is 0 Å². The lowest BCUT2D eigenvalue weighted by Gasteiger charge is -2.00. The van der Waals surface area contributed by atoms with Gasteiger partial charge in [0.15, 0.2) is 16.6 Å². The van der Waals surface area contributed by atoms with Crippen LogP contribution in [-0.2, 0) is 0 Å². The lowest BCUT2D eigenvalue weighted by molar-refractivity contribution is 0.0990. The number of amides is 2. The zero-order valence-electron chi connectivity index (χ0n) is 14.6. The predicted molar refractivity (Wildman–Crippen MR) is 102 cm³/mol. The number of nitrogens with one attached hydrogen (secondary N) is 2. The highest BCUT2D eigenvalue weighted by atomic mass is 32.1. The van der Waals surface area contributed by atoms with E-state index in [-0.39, 0.29) is 17.5 Å². The number of hydrogen-bond acceptors (Lipinski definition) is 8. The van der Waals surface area contributed by atoms with Crippen molar-refractivity contribution in [1.82, 2.24) is 9.97 Å². The molecule has 0 spiro atoms. The fourth-order valence-electron chi connectivity index (χ4n) is 2.38. The van der Waals surface area contributed by atoms with Crippen LogP contribution >= 0.6 is 11.3 Å². The summed E-state index contributed by atoms with van der Waals surface area (Å²) in [6.07, 6.45) is 2.52. The van der Waals surface area contributed by atoms with Crippen molar-refractivity contribution in [3.05, 3.63) is 54.3 Å². The summed E-state index contributed by atoms with van der Waals surface area (Å²) in [6.45, 7) is 2.48. The molecule has 2 amide bonds. The molecule has 0 unspecified atom stereocenters. The number of thiazole rings is 1. The fourth-order valence-corrected chi connectivity index (χ4v) is 3.27. The molecule has 0 radical (unpaired) electrons. The van der Waals surface area contributed by atoms with Crippen LogP contribution in [0, 0.1) is 0 Å². The van der Waals surface area contributed by atoms with Crippen molar-refractivity contribution < 1.29 is 23.2 Å². The van der Waals surface area contributed by atoms with Crippen LogP contribution in [0.5, 0.6) is 5.75 Å². The number of benzene rings is 1. The molecule has 1 aromatic carbocycles. The molecule has 0 aliphatic rings. The molecule has 142 valence electrons. The second kappa shape index (κ2) is 7.53. The first-order valence-electron chi connectivity index (χ1n) is 8.27. The highest BCUT2D eigenvalue weighted by molar-refractivity contribution is 7.22. The number of fused-ring (bicyclic) bond motifs is 1. The minimum atomic E-state index is -0.532. The molecule has 0 saturated heterocycles. The van der Waals surface area contributed by atoms with E-state index in [4.69, 9.17) is 13.6 Å². The van der Waals surface area contributed by atoms with Gasteiger partial charge in [0.25, 0.3) is 11.8 Å². The number of hydrogen-bond donors (Lipinski definition) is 2. The largest absolute Gasteiger partial charge is 0.494 e. The van der Waals surface area contributed by atoms with Gasteiger partial charge in [-0.05, 0) is 37.3 Å². The van der Waals surface area contributed by atoms with Gasteiger partial charge in [-0.25, -0.2) is 4.98 Å². The number of carbonyl (C=O) groups is 2. The maximum atomic E-state index is 12.4. The number of aromatic nitrogens is 2. The third-order valence-electron chi connectivity index (χ3n) is 3.59. The molecule has 0 aliphatic heterocycles. The normalized spacial score (nSPS) is 10.8. The Bertz CT molecular complexity index is 1130. The van der Waals surface area contributed by atoms with Crippen molar-refractivity contribution in [1.29, 1.82) is 0 Å². The van der Waals surface area contributed by atoms with Crippen molar-refractivity contribution in [3.8, 4) is 5.75 Å². The molecule has 28 heavy (non-hydrogen) atoms. The molecule has 10 heteroatoms. The van der Waals surface area contributed by atoms with Gasteiger partial charge in [-0.15, -0.1) is 0 Å². The molecule has 2 N–H and O–H groups in total. The summed E-state index contributed by atoms with van der Waals surface area (Å²) in [7, 11) is 0. The maximum absolute atomic E-state index is 12.4. The zero-order valence-corrected chi connectivity index (χ0v) is 15.4. The molecule has 3 aromatic heterocycles. The van der Waals surface area contributed by atoms with E-state index in [2.05, 4.69) is 20.6 Å². The SMILES string of the molecule is CCOc1ccc2nc(NC(=O)c3coc(NC(=O)c4ccco4)n3)sc2c1. The quantitative estimate of drug-likeness (QED) is 0.507. The van der Waals surface area contributed by atoms with Gasteiger partial charge < -0.3 is 13.6 Å². The molecule has 0 bridgehead atoms. The molecular formula is C18H14N4O5S. The number of ether oxygens (including phenoxy) is 1. The van der Waals surface area contributed by atoms with Crippen LogP contribution < -0.4 is 15.4 Å². The first-order chi connectivity index (χ1) is 13.6. The van der Waals surface area contributed by atoms with Gasteiger partial charge in [-0.1, -0.05) is 11.3 Å². The van der Waals surface area contributed by atoms with E-state index in [1.165, 1.54) is 23.7 Å². The van der Waals surface area contributed by atoms with Crippen LogP contribution in [-0.4, -0.2) is 28.4 Å². The van der Waals surface area contributed by atoms with Gasteiger partial charge in [-0.3, -0.25) is 20.2 Å². The van der Waals surface area contributed by atoms with E-state index in [9.17, 15) is 9.59 Å². The second-order valence-corrected chi connectivity index (χ2v) is 6.54. The highest BCUT2D eigenvalue weighted by Gasteiger charge is 2.17. The third kappa shape index (κ3) is 3.71. The first-order valence-corrected chi connectivity index (χ1v) is 9.09. The van der Waals surface area contributed by atoms with Crippen LogP contribution in [0.25, 0.3) is 10.2 Å². The summed E-state index contributed by atoms with van der Waals surface area (Å²) < 4.78 is 16.4. The Kier molecular flexibility index (Phi) is 4.77. The molecule has 0 saturated carbocycles. The minimum absolute atomic E-state index is 0.00371. The summed E-state index contributed by atoms with van der Waals surface area (Å²) in [4.78, 5) is 32.6. The first kappa shape index (κ1) is 17.7. The monoisotopic (exact) mass is 398 g/mol. The van der Waals surface area contributed by atoms with Crippen molar-refractivity contribution in [2.45, 2.75) is 6.92 Å². The van der Waals surface area contributed by atoms with Gasteiger partial charge in [0, 0.05) is 0 Å². The number of nitrogens with zero attached hydrogens (tertiary/aromatic N) is 2. The fraction of sp³-hybridized carbons (Fsp3) is 0.111. The topological polar surface area (TPSA) is 119 Å². The van der Waals surface area contributed by atoms with Crippen LogP contribution in [0.3, 0.4) is 0 Å². The number of anilines is 2. The molecule has 9 nitrogen and oxygen atoms in total. The number of oxazole rings is 1. The van der Waals surface area contributed by atoms with E-state index in [1.807, 2.05) is 25.1 Å². The van der Waals surface area contributed by atoms with Gasteiger partial charge >= 0.3 is 6.01 Å². The predicted octanol–water partition coefficient (Wildman–Crippen LogP) is 3.78. The summed E-state index contributed by atoms with van der Waals surface area (Å²) in [5.74, 6) is -0.198. The Morgan fingerprint density at radius 2 is 2.04 bits per heavy atom. The molecule has 4 aromatic rings. The molecule has 3 heterocycles. The second-order valence-electron chi connectivity index (χ2n) is 5.51. The number of carbonyl (C=O) groups excluding carboxylic acids is 2. The molecule has 0 fully saturated rings. The zero-order chi connectivity index (χ0) is 19.5. The summed E-state index contributed by atoms with van der Waals surface area (Å²) in [6, 6.07) is 8.48. The smallest absolute Gasteiger partial charge is 0.302 e. The van der Waals surface area contributed by atoms with Crippen molar-refractivity contribution in [3.63, 3.8) is 0 Å². The van der Waals surface area contributed by atoms with Crippen LogP contribution in [0.15, 0.2) is 51.7 Å². The van der Waals surface area contributed by atoms with Gasteiger partial charge in [-0.2, -0.15) is 4.98 Å². The Morgan fingerprint density at radius 1 is 1.14 bits per heavy atom. The summed E-state index contributed by atoms with van der Waals surface area (Å²) in [5, 5.41) is 5.49. The summed E-state index contributed by atoms with van der Waals surface area (Å²) >= 11 is 1.31. The summed E-state index contributed by atoms with van der Waals surface area (Å²) in [5.41, 5.74) is 0.749. The van der Waals surface area contributed by atoms with E-state index in [0.717, 1.165) is 22.2 Å². The molecular weight excluding hydrogens is 384 g/mol. The van der Waals surface area contributed by atoms with Gasteiger partial charge in [0.05, 0.1) is 23.1 Å². The van der Waals surface area contributed by atoms with Crippen molar-refractivity contribution >= 4 is 44.5 Å². The average molecular weight is 398 g/mol. The Hall–Kier alpha value is -3.66. The third-order valence-corrected chi connectivity index (χ3v) is 4.53. The molecule has 4 rings (SSSR count). The Labute approximate surface area is 162 Å². The van der Waals surface area contributed by atoms with E-state index in [0.29, 0.717) is 11.7 Å². The molecule has 0 aliphatic carbocycles. The van der Waals surface area contributed by atoms with Crippen LogP contribution in [0.1, 0.15) is 28.0 Å². The van der Waals surface area contributed by atoms with E-state index in [1.54, 1.807) is 6.07 Å². The lowest BCUT2D eigenvalue weighted by atomic mass is 10.3. The maximum Gasteiger partial charge on any atom is 0.302 e. The van der Waals surface area contributed by atoms with Gasteiger partial charge in [0.2, 0.25) is 0 Å². The average Bonchev–Trinajstić information content (AvgIpc) is 3.42. The van der Waals surface area contributed by atoms with Crippen LogP contribution in [0.4, 0.5) is 11.1 Å². The number of furan rings is 1. The van der Waals surface area contributed by atoms with Gasteiger partial charge in [0.1, 0.15) is 12.0 Å². The standard InChI is InChI=1S/C18H14N4O5S/c1-2-25-10-5-6-11-14(8-10)28-18(20-11)22-15(23)12-9-27-17(19-12)21-16(24)13-4-3-7-26-13/h3-9H,2H2,1H3,(H,19,21,24)(H,20,22,23). The Morgan fingerprint density at radius 3 is 2.82 bits per heavy atom. The van der Waals surface area contributed by atoms with Crippen molar-refractivity contribution in [2.24, 2.45) is 0 Å². The molecule has 0 atom stereocenters. The minimum Gasteiger partial charge on any atom is -0.494 e. The Balaban J connectivity index is 1.44. The van der Waals surface area contributed by atoms with Crippen molar-refractivity contribution in [2.75, 3.05) is 17.2 Å².